The van der Waals surface area contributed by atoms with Gasteiger partial charge in [-0.1, -0.05) is 36.4 Å². The van der Waals surface area contributed by atoms with Crippen molar-refractivity contribution in [3.05, 3.63) is 66.2 Å². The Hall–Kier alpha value is -3.08. The van der Waals surface area contributed by atoms with Crippen molar-refractivity contribution < 1.29 is 0 Å². The number of nitrogens with zero attached hydrogens (tertiary/aromatic N) is 3. The molecule has 0 atom stereocenters. The second-order valence-corrected chi connectivity index (χ2v) is 5.31. The molecule has 0 fully saturated rings. The van der Waals surface area contributed by atoms with E-state index in [2.05, 4.69) is 15.3 Å². The summed E-state index contributed by atoms with van der Waals surface area (Å²) in [7, 11) is 1.95. The van der Waals surface area contributed by atoms with E-state index in [1.54, 1.807) is 6.07 Å². The van der Waals surface area contributed by atoms with Crippen LogP contribution in [0, 0.1) is 6.92 Å². The number of aromatic nitrogens is 2. The van der Waals surface area contributed by atoms with Crippen molar-refractivity contribution in [1.29, 1.82) is 0 Å². The molecule has 0 radical (unpaired) electrons. The fraction of sp³-hybridized carbons (Fsp3) is 0.111. The SMILES string of the molecule is Cc1ccccc1Nc1nc(N)cc(N(C)c2ccccc2)n1. The van der Waals surface area contributed by atoms with Crippen LogP contribution in [0.3, 0.4) is 0 Å². The Morgan fingerprint density at radius 1 is 0.957 bits per heavy atom. The van der Waals surface area contributed by atoms with Crippen LogP contribution in [0.4, 0.5) is 29.0 Å². The Labute approximate surface area is 135 Å². The molecule has 0 saturated carbocycles. The molecule has 0 spiro atoms. The van der Waals surface area contributed by atoms with Crippen LogP contribution in [-0.4, -0.2) is 17.0 Å². The molecule has 0 aliphatic heterocycles. The fourth-order valence-corrected chi connectivity index (χ4v) is 2.30. The van der Waals surface area contributed by atoms with Crippen LogP contribution in [0.15, 0.2) is 60.7 Å². The minimum atomic E-state index is 0.425. The predicted octanol–water partition coefficient (Wildman–Crippen LogP) is 3.88. The molecule has 1 aromatic heterocycles. The van der Waals surface area contributed by atoms with E-state index in [9.17, 15) is 0 Å². The number of nitrogen functional groups attached to an aromatic ring is 1. The second-order valence-electron chi connectivity index (χ2n) is 5.31. The van der Waals surface area contributed by atoms with Gasteiger partial charge >= 0.3 is 0 Å². The van der Waals surface area contributed by atoms with Crippen LogP contribution in [0.25, 0.3) is 0 Å². The minimum absolute atomic E-state index is 0.425. The molecule has 2 aromatic carbocycles. The molecule has 3 N–H and O–H groups in total. The molecule has 3 rings (SSSR count). The zero-order chi connectivity index (χ0) is 16.2. The molecule has 0 bridgehead atoms. The number of para-hydroxylation sites is 2. The predicted molar refractivity (Wildman–Crippen MR) is 95.4 cm³/mol. The quantitative estimate of drug-likeness (QED) is 0.765. The Morgan fingerprint density at radius 2 is 1.65 bits per heavy atom. The number of nitrogens with one attached hydrogen (secondary N) is 1. The monoisotopic (exact) mass is 305 g/mol. The highest BCUT2D eigenvalue weighted by Crippen LogP contribution is 2.25. The largest absolute Gasteiger partial charge is 0.383 e. The third kappa shape index (κ3) is 3.40. The third-order valence-corrected chi connectivity index (χ3v) is 3.61. The molecule has 3 aromatic rings. The van der Waals surface area contributed by atoms with E-state index in [0.29, 0.717) is 11.8 Å². The lowest BCUT2D eigenvalue weighted by Gasteiger charge is -2.19. The molecule has 23 heavy (non-hydrogen) atoms. The standard InChI is InChI=1S/C18H19N5/c1-13-8-6-7-11-15(13)20-18-21-16(19)12-17(22-18)23(2)14-9-4-3-5-10-14/h3-12H,1-2H3,(H3,19,20,21,22). The van der Waals surface area contributed by atoms with Gasteiger partial charge in [0.25, 0.3) is 0 Å². The highest BCUT2D eigenvalue weighted by atomic mass is 15.2. The van der Waals surface area contributed by atoms with E-state index in [1.165, 1.54) is 0 Å². The van der Waals surface area contributed by atoms with Crippen LogP contribution >= 0.6 is 0 Å². The van der Waals surface area contributed by atoms with Crippen LogP contribution in [-0.2, 0) is 0 Å². The van der Waals surface area contributed by atoms with Gasteiger partial charge in [-0.2, -0.15) is 9.97 Å². The first-order valence-electron chi connectivity index (χ1n) is 7.39. The summed E-state index contributed by atoms with van der Waals surface area (Å²) in [5.74, 6) is 1.64. The molecule has 0 amide bonds. The summed E-state index contributed by atoms with van der Waals surface area (Å²) in [5, 5.41) is 3.23. The molecule has 5 heteroatoms. The molecule has 5 nitrogen and oxygen atoms in total. The summed E-state index contributed by atoms with van der Waals surface area (Å²) in [6.07, 6.45) is 0. The normalized spacial score (nSPS) is 10.3. The Morgan fingerprint density at radius 3 is 2.39 bits per heavy atom. The first-order valence-corrected chi connectivity index (χ1v) is 7.39. The number of nitrogens with two attached hydrogens (primary N) is 1. The van der Waals surface area contributed by atoms with Crippen molar-refractivity contribution in [3.8, 4) is 0 Å². The van der Waals surface area contributed by atoms with E-state index in [0.717, 1.165) is 22.8 Å². The second kappa shape index (κ2) is 6.36. The van der Waals surface area contributed by atoms with Crippen LogP contribution in [0.2, 0.25) is 0 Å². The Kier molecular flexibility index (Phi) is 4.10. The fourth-order valence-electron chi connectivity index (χ4n) is 2.30. The molecular weight excluding hydrogens is 286 g/mol. The molecule has 0 aliphatic carbocycles. The van der Waals surface area contributed by atoms with Crippen LogP contribution in [0.1, 0.15) is 5.56 Å². The summed E-state index contributed by atoms with van der Waals surface area (Å²) in [6, 6.07) is 19.8. The number of rotatable bonds is 4. The minimum Gasteiger partial charge on any atom is -0.383 e. The van der Waals surface area contributed by atoms with Gasteiger partial charge in [-0.05, 0) is 30.7 Å². The zero-order valence-corrected chi connectivity index (χ0v) is 13.2. The van der Waals surface area contributed by atoms with Gasteiger partial charge in [0, 0.05) is 24.5 Å². The van der Waals surface area contributed by atoms with Gasteiger partial charge in [-0.25, -0.2) is 0 Å². The first kappa shape index (κ1) is 14.8. The van der Waals surface area contributed by atoms with Gasteiger partial charge < -0.3 is 16.0 Å². The van der Waals surface area contributed by atoms with E-state index in [1.807, 2.05) is 73.5 Å². The van der Waals surface area contributed by atoms with Crippen molar-refractivity contribution in [2.75, 3.05) is 23.0 Å². The molecule has 1 heterocycles. The lowest BCUT2D eigenvalue weighted by atomic mass is 10.2. The highest BCUT2D eigenvalue weighted by molar-refractivity contribution is 5.65. The number of hydrogen-bond donors (Lipinski definition) is 2. The number of anilines is 5. The maximum absolute atomic E-state index is 5.95. The Balaban J connectivity index is 1.92. The number of aryl methyl sites for hydroxylation is 1. The Bertz CT molecular complexity index is 802. The van der Waals surface area contributed by atoms with Crippen molar-refractivity contribution in [3.63, 3.8) is 0 Å². The third-order valence-electron chi connectivity index (χ3n) is 3.61. The topological polar surface area (TPSA) is 67.1 Å². The molecule has 116 valence electrons. The molecule has 0 saturated heterocycles. The smallest absolute Gasteiger partial charge is 0.231 e. The number of hydrogen-bond acceptors (Lipinski definition) is 5. The van der Waals surface area contributed by atoms with Gasteiger partial charge in [-0.15, -0.1) is 0 Å². The molecule has 0 unspecified atom stereocenters. The van der Waals surface area contributed by atoms with E-state index in [4.69, 9.17) is 5.73 Å². The highest BCUT2D eigenvalue weighted by Gasteiger charge is 2.09. The summed E-state index contributed by atoms with van der Waals surface area (Å²) < 4.78 is 0. The average molecular weight is 305 g/mol. The van der Waals surface area contributed by atoms with E-state index in [-0.39, 0.29) is 0 Å². The van der Waals surface area contributed by atoms with Gasteiger partial charge in [0.2, 0.25) is 5.95 Å². The van der Waals surface area contributed by atoms with Crippen LogP contribution in [0.5, 0.6) is 0 Å². The van der Waals surface area contributed by atoms with E-state index >= 15 is 0 Å². The van der Waals surface area contributed by atoms with Crippen molar-refractivity contribution in [2.45, 2.75) is 6.92 Å². The summed E-state index contributed by atoms with van der Waals surface area (Å²) in [5.41, 5.74) is 9.07. The first-order chi connectivity index (χ1) is 11.1. The van der Waals surface area contributed by atoms with Gasteiger partial charge in [0.15, 0.2) is 0 Å². The van der Waals surface area contributed by atoms with E-state index < -0.39 is 0 Å². The number of benzene rings is 2. The summed E-state index contributed by atoms with van der Waals surface area (Å²) in [4.78, 5) is 10.8. The maximum Gasteiger partial charge on any atom is 0.231 e. The van der Waals surface area contributed by atoms with Crippen molar-refractivity contribution in [2.24, 2.45) is 0 Å². The lowest BCUT2D eigenvalue weighted by Crippen LogP contribution is -2.13. The van der Waals surface area contributed by atoms with Crippen molar-refractivity contribution >= 4 is 29.0 Å². The van der Waals surface area contributed by atoms with Gasteiger partial charge in [-0.3, -0.25) is 0 Å². The van der Waals surface area contributed by atoms with Crippen molar-refractivity contribution in [1.82, 2.24) is 9.97 Å². The summed E-state index contributed by atoms with van der Waals surface area (Å²) >= 11 is 0. The molecular formula is C18H19N5. The zero-order valence-electron chi connectivity index (χ0n) is 13.2. The summed E-state index contributed by atoms with van der Waals surface area (Å²) in [6.45, 7) is 2.03. The van der Waals surface area contributed by atoms with Crippen LogP contribution < -0.4 is 16.0 Å². The molecule has 0 aliphatic rings. The lowest BCUT2D eigenvalue weighted by molar-refractivity contribution is 1.09. The van der Waals surface area contributed by atoms with Gasteiger partial charge in [0.05, 0.1) is 0 Å². The van der Waals surface area contributed by atoms with Gasteiger partial charge in [0.1, 0.15) is 11.6 Å². The average Bonchev–Trinajstić information content (AvgIpc) is 2.56. The maximum atomic E-state index is 5.95.